The minimum atomic E-state index is -2.76. The van der Waals surface area contributed by atoms with E-state index in [2.05, 4.69) is 11.1 Å². The summed E-state index contributed by atoms with van der Waals surface area (Å²) in [5, 5.41) is 1.67. The average molecular weight is 847 g/mol. The summed E-state index contributed by atoms with van der Waals surface area (Å²) in [6, 6.07) is 43.6. The van der Waals surface area contributed by atoms with E-state index in [1.54, 1.807) is 24.5 Å². The molecule has 0 N–H and O–H groups in total. The molecule has 5 heterocycles. The van der Waals surface area contributed by atoms with E-state index in [9.17, 15) is 5.48 Å². The smallest absolute Gasteiger partial charge is 0.227 e. The third kappa shape index (κ3) is 9.17. The van der Waals surface area contributed by atoms with E-state index in [-0.39, 0.29) is 29.9 Å². The van der Waals surface area contributed by atoms with Crippen LogP contribution in [0.1, 0.15) is 85.6 Å². The lowest BCUT2D eigenvalue weighted by molar-refractivity contribution is 0.172. The van der Waals surface area contributed by atoms with Gasteiger partial charge in [-0.3, -0.25) is 15.0 Å². The Morgan fingerprint density at radius 1 is 0.547 bits per heavy atom. The second-order valence-corrected chi connectivity index (χ2v) is 17.2. The van der Waals surface area contributed by atoms with Gasteiger partial charge in [-0.1, -0.05) is 103 Å². The zero-order valence-corrected chi connectivity index (χ0v) is 35.9. The van der Waals surface area contributed by atoms with Gasteiger partial charge in [-0.05, 0) is 171 Å². The molecule has 1 fully saturated rings. The number of benzene rings is 4. The maximum Gasteiger partial charge on any atom is 0.227 e. The van der Waals surface area contributed by atoms with Crippen molar-refractivity contribution in [2.75, 3.05) is 0 Å². The van der Waals surface area contributed by atoms with E-state index in [0.717, 1.165) is 56.5 Å². The molecule has 1 saturated carbocycles. The van der Waals surface area contributed by atoms with E-state index in [0.29, 0.717) is 64.9 Å². The third-order valence-corrected chi connectivity index (χ3v) is 12.7. The molecule has 5 nitrogen and oxygen atoms in total. The minimum Gasteiger partial charge on any atom is -0.437 e. The molecule has 4 aromatic carbocycles. The number of hydrogen-bond donors (Lipinski definition) is 0. The van der Waals surface area contributed by atoms with Gasteiger partial charge in [-0.25, -0.2) is 4.98 Å². The molecule has 0 bridgehead atoms. The van der Waals surface area contributed by atoms with Crippen LogP contribution in [0.2, 0.25) is 0 Å². The highest BCUT2D eigenvalue weighted by atomic mass is 16.3. The summed E-state index contributed by atoms with van der Waals surface area (Å²) in [4.78, 5) is 19.0. The Morgan fingerprint density at radius 3 is 1.91 bits per heavy atom. The van der Waals surface area contributed by atoms with Crippen molar-refractivity contribution < 1.29 is 18.1 Å². The second-order valence-electron chi connectivity index (χ2n) is 17.2. The molecule has 0 spiro atoms. The normalized spacial score (nSPS) is 19.5. The summed E-state index contributed by atoms with van der Waals surface area (Å²) < 4.78 is 95.5. The zero-order valence-electron chi connectivity index (χ0n) is 45.9. The topological polar surface area (TPSA) is 64.7 Å². The van der Waals surface area contributed by atoms with Crippen molar-refractivity contribution in [1.82, 2.24) is 19.9 Å². The van der Waals surface area contributed by atoms with Crippen molar-refractivity contribution in [2.24, 2.45) is 17.8 Å². The van der Waals surface area contributed by atoms with Crippen molar-refractivity contribution in [2.45, 2.75) is 78.3 Å². The number of rotatable bonds is 13. The lowest BCUT2D eigenvalue weighted by Crippen LogP contribution is -2.24. The maximum absolute atomic E-state index is 10.0. The number of aromatic nitrogens is 4. The lowest BCUT2D eigenvalue weighted by atomic mass is 9.70. The van der Waals surface area contributed by atoms with Gasteiger partial charge in [0.25, 0.3) is 0 Å². The largest absolute Gasteiger partial charge is 0.437 e. The van der Waals surface area contributed by atoms with Crippen LogP contribution in [0.5, 0.6) is 0 Å². The molecule has 64 heavy (non-hydrogen) atoms. The molecule has 3 atom stereocenters. The first-order valence-corrected chi connectivity index (χ1v) is 22.2. The number of pyridine rings is 4. The number of hydrogen-bond acceptors (Lipinski definition) is 5. The Morgan fingerprint density at radius 2 is 1.22 bits per heavy atom. The van der Waals surface area contributed by atoms with Gasteiger partial charge >= 0.3 is 0 Å². The highest BCUT2D eigenvalue weighted by Gasteiger charge is 2.29. The summed E-state index contributed by atoms with van der Waals surface area (Å²) in [5.41, 5.74) is 9.30. The molecule has 0 amide bonds. The predicted octanol–water partition coefficient (Wildman–Crippen LogP) is 15.0. The first-order valence-electron chi connectivity index (χ1n) is 27.2. The average Bonchev–Trinajstić information content (AvgIpc) is 3.76. The maximum atomic E-state index is 10.0. The fourth-order valence-corrected chi connectivity index (χ4v) is 9.28. The van der Waals surface area contributed by atoms with Crippen LogP contribution < -0.4 is 0 Å². The molecule has 5 heteroatoms. The van der Waals surface area contributed by atoms with Gasteiger partial charge < -0.3 is 4.42 Å². The Hall–Kier alpha value is -6.72. The number of fused-ring (bicyclic) bond motifs is 3. The number of aryl methyl sites for hydroxylation is 6. The van der Waals surface area contributed by atoms with E-state index >= 15 is 0 Å². The van der Waals surface area contributed by atoms with E-state index in [1.165, 1.54) is 12.1 Å². The van der Waals surface area contributed by atoms with E-state index in [1.807, 2.05) is 122 Å². The molecule has 1 aliphatic carbocycles. The van der Waals surface area contributed by atoms with Crippen molar-refractivity contribution in [1.29, 1.82) is 0 Å². The molecule has 0 radical (unpaired) electrons. The molecular weight excluding hydrogens is 781 g/mol. The number of nitrogens with zero attached hydrogens (tertiary/aromatic N) is 4. The van der Waals surface area contributed by atoms with Crippen LogP contribution in [0.4, 0.5) is 0 Å². The van der Waals surface area contributed by atoms with Crippen molar-refractivity contribution in [3.8, 4) is 44.9 Å². The summed E-state index contributed by atoms with van der Waals surface area (Å²) in [5.74, 6) is -1.05. The molecule has 3 unspecified atom stereocenters. The highest BCUT2D eigenvalue weighted by molar-refractivity contribution is 6.08. The summed E-state index contributed by atoms with van der Waals surface area (Å²) in [6.45, 7) is -3.57. The molecular formula is C59H56N4O. The van der Waals surface area contributed by atoms with Gasteiger partial charge in [-0.15, -0.1) is 0 Å². The van der Waals surface area contributed by atoms with Crippen LogP contribution in [-0.2, 0) is 19.3 Å². The minimum absolute atomic E-state index is 0.00639. The van der Waals surface area contributed by atoms with Crippen LogP contribution >= 0.6 is 0 Å². The summed E-state index contributed by atoms with van der Waals surface area (Å²) in [7, 11) is 0. The standard InChI is InChI=1S/C59H56N4O/c1-39-17-26-49(31-40(39)2)54-35-57(53-16-10-15-51-52-28-18-41(3)63-59(52)64-58(51)53)62-38-50(54)27-23-46-33-44(21-19-42-24-29-55(60-36-42)47-11-6-4-7-12-47)32-45(34-46)22-20-43-25-30-56(61-37-43)48-13-8-5-9-14-48/h4-18,24-26,28-31,35-38,44-46H,19-23,27,32-34H2,1-3H3/i1D3,2D3,21D2,23D2. The van der Waals surface area contributed by atoms with E-state index < -0.39 is 38.3 Å². The third-order valence-electron chi connectivity index (χ3n) is 12.7. The van der Waals surface area contributed by atoms with Gasteiger partial charge in [0.1, 0.15) is 5.58 Å². The summed E-state index contributed by atoms with van der Waals surface area (Å²) >= 11 is 0. The van der Waals surface area contributed by atoms with Crippen molar-refractivity contribution in [3.63, 3.8) is 0 Å². The van der Waals surface area contributed by atoms with E-state index in [4.69, 9.17) is 27.6 Å². The predicted molar refractivity (Wildman–Crippen MR) is 263 cm³/mol. The van der Waals surface area contributed by atoms with Crippen LogP contribution in [0.25, 0.3) is 67.0 Å². The Labute approximate surface area is 391 Å². The fourth-order valence-electron chi connectivity index (χ4n) is 9.28. The zero-order chi connectivity index (χ0) is 52.0. The Bertz CT molecular complexity index is 3430. The first-order chi connectivity index (χ1) is 35.3. The monoisotopic (exact) mass is 847 g/mol. The van der Waals surface area contributed by atoms with Gasteiger partial charge in [0, 0.05) is 65.5 Å². The quantitative estimate of drug-likeness (QED) is 0.116. The van der Waals surface area contributed by atoms with Gasteiger partial charge in [0.05, 0.1) is 17.1 Å². The summed E-state index contributed by atoms with van der Waals surface area (Å²) in [6.07, 6.45) is 4.52. The van der Waals surface area contributed by atoms with Crippen LogP contribution in [0.3, 0.4) is 0 Å². The van der Waals surface area contributed by atoms with Gasteiger partial charge in [0.2, 0.25) is 5.71 Å². The molecule has 0 aliphatic heterocycles. The van der Waals surface area contributed by atoms with Crippen molar-refractivity contribution in [3.05, 3.63) is 192 Å². The molecule has 0 saturated heterocycles. The molecule has 10 rings (SSSR count). The SMILES string of the molecule is [2H]C([2H])([2H])c1ccc(-c2cc(-c3cccc4c3oc3nc(C)ccc34)ncc2CC([2H])([2H])C2CC(CCc3ccc(-c4ccccc4)nc3)CC(C([2H])([2H])Cc3ccc(-c4ccccc4)nc3)C2)cc1C([2H])([2H])[2H]. The van der Waals surface area contributed by atoms with Crippen LogP contribution in [0.15, 0.2) is 163 Å². The molecule has 9 aromatic rings. The molecule has 318 valence electrons. The highest BCUT2D eigenvalue weighted by Crippen LogP contribution is 2.42. The first kappa shape index (κ1) is 31.2. The Kier molecular flexibility index (Phi) is 9.04. The van der Waals surface area contributed by atoms with Gasteiger partial charge in [0.15, 0.2) is 0 Å². The van der Waals surface area contributed by atoms with Crippen LogP contribution in [0, 0.1) is 38.4 Å². The van der Waals surface area contributed by atoms with Crippen molar-refractivity contribution >= 4 is 22.1 Å². The molecule has 5 aromatic heterocycles. The second kappa shape index (κ2) is 18.6. The molecule has 1 aliphatic rings. The van der Waals surface area contributed by atoms with Gasteiger partial charge in [-0.2, -0.15) is 0 Å². The lowest BCUT2D eigenvalue weighted by Gasteiger charge is -2.35. The van der Waals surface area contributed by atoms with Crippen LogP contribution in [-0.4, -0.2) is 19.9 Å². The number of para-hydroxylation sites is 1. The number of furan rings is 1. The Balaban J connectivity index is 1.00. The fraction of sp³-hybridized carbons (Fsp3) is 0.254.